The van der Waals surface area contributed by atoms with Crippen LogP contribution in [0.4, 0.5) is 0 Å². The van der Waals surface area contributed by atoms with Crippen LogP contribution >= 0.6 is 34.5 Å². The van der Waals surface area contributed by atoms with Crippen LogP contribution in [0.3, 0.4) is 0 Å². The Labute approximate surface area is 114 Å². The lowest BCUT2D eigenvalue weighted by molar-refractivity contribution is 0.585. The lowest BCUT2D eigenvalue weighted by Crippen LogP contribution is -2.18. The van der Waals surface area contributed by atoms with Crippen molar-refractivity contribution in [3.8, 4) is 0 Å². The molecule has 0 bridgehead atoms. The second kappa shape index (κ2) is 5.35. The van der Waals surface area contributed by atoms with Gasteiger partial charge < -0.3 is 5.32 Å². The lowest BCUT2D eigenvalue weighted by atomic mass is 10.1. The number of nitrogens with zero attached hydrogens (tertiary/aromatic N) is 3. The highest BCUT2D eigenvalue weighted by atomic mass is 35.5. The molecule has 92 valence electrons. The zero-order chi connectivity index (χ0) is 12.4. The third-order valence-corrected chi connectivity index (χ3v) is 3.99. The summed E-state index contributed by atoms with van der Waals surface area (Å²) in [5.41, 5.74) is 1.93. The first-order valence-electron chi connectivity index (χ1n) is 5.07. The third kappa shape index (κ3) is 2.98. The smallest absolute Gasteiger partial charge is 0.0992 e. The van der Waals surface area contributed by atoms with Crippen LogP contribution in [0.1, 0.15) is 17.3 Å². The average Bonchev–Trinajstić information content (AvgIpc) is 2.82. The fraction of sp³-hybridized carbons (Fsp3) is 0.400. The third-order valence-electron chi connectivity index (χ3n) is 2.47. The molecule has 2 heterocycles. The first-order chi connectivity index (χ1) is 8.10. The van der Waals surface area contributed by atoms with Gasteiger partial charge in [-0.25, -0.2) is 0 Å². The van der Waals surface area contributed by atoms with Crippen LogP contribution in [0, 0.1) is 0 Å². The van der Waals surface area contributed by atoms with Crippen LogP contribution in [0.15, 0.2) is 12.3 Å². The highest BCUT2D eigenvalue weighted by Gasteiger charge is 2.17. The van der Waals surface area contributed by atoms with Gasteiger partial charge in [0.05, 0.1) is 14.4 Å². The zero-order valence-electron chi connectivity index (χ0n) is 9.44. The van der Waals surface area contributed by atoms with Crippen molar-refractivity contribution in [2.24, 2.45) is 7.05 Å². The maximum Gasteiger partial charge on any atom is 0.0992 e. The standard InChI is InChI=1S/C10H12Cl2N4S/c1-13-8(3-6-5-16(2)15-14-6)7-4-9(11)17-10(7)12/h4-5,8,13H,3H2,1-2H3. The van der Waals surface area contributed by atoms with Crippen LogP contribution < -0.4 is 5.32 Å². The summed E-state index contributed by atoms with van der Waals surface area (Å²) in [5, 5.41) is 11.2. The minimum atomic E-state index is 0.1000. The van der Waals surface area contributed by atoms with E-state index in [1.54, 1.807) is 4.68 Å². The zero-order valence-corrected chi connectivity index (χ0v) is 11.8. The van der Waals surface area contributed by atoms with E-state index in [1.165, 1.54) is 11.3 Å². The fourth-order valence-electron chi connectivity index (χ4n) is 1.66. The van der Waals surface area contributed by atoms with Gasteiger partial charge in [-0.2, -0.15) is 0 Å². The number of rotatable bonds is 4. The van der Waals surface area contributed by atoms with Gasteiger partial charge in [0.2, 0.25) is 0 Å². The van der Waals surface area contributed by atoms with Gasteiger partial charge in [0.15, 0.2) is 0 Å². The van der Waals surface area contributed by atoms with E-state index in [0.717, 1.165) is 22.0 Å². The van der Waals surface area contributed by atoms with E-state index in [-0.39, 0.29) is 6.04 Å². The average molecular weight is 291 g/mol. The van der Waals surface area contributed by atoms with E-state index in [0.29, 0.717) is 4.34 Å². The summed E-state index contributed by atoms with van der Waals surface area (Å²) in [6.07, 6.45) is 2.63. The molecule has 4 nitrogen and oxygen atoms in total. The molecule has 0 aromatic carbocycles. The van der Waals surface area contributed by atoms with Crippen molar-refractivity contribution < 1.29 is 0 Å². The SMILES string of the molecule is CNC(Cc1cn(C)nn1)c1cc(Cl)sc1Cl. The first-order valence-corrected chi connectivity index (χ1v) is 6.64. The van der Waals surface area contributed by atoms with Gasteiger partial charge in [0.25, 0.3) is 0 Å². The first kappa shape index (κ1) is 12.8. The number of halogens is 2. The molecule has 2 aromatic rings. The fourth-order valence-corrected chi connectivity index (χ4v) is 3.24. The lowest BCUT2D eigenvalue weighted by Gasteiger charge is -2.13. The Morgan fingerprint density at radius 1 is 1.53 bits per heavy atom. The molecule has 0 spiro atoms. The molecule has 0 radical (unpaired) electrons. The second-order valence-electron chi connectivity index (χ2n) is 3.71. The Morgan fingerprint density at radius 2 is 2.29 bits per heavy atom. The van der Waals surface area contributed by atoms with Gasteiger partial charge >= 0.3 is 0 Å². The van der Waals surface area contributed by atoms with Crippen LogP contribution in [0.2, 0.25) is 8.67 Å². The summed E-state index contributed by atoms with van der Waals surface area (Å²) in [4.78, 5) is 0. The van der Waals surface area contributed by atoms with Crippen molar-refractivity contribution in [3.05, 3.63) is 32.2 Å². The molecule has 0 aliphatic carbocycles. The summed E-state index contributed by atoms with van der Waals surface area (Å²) in [6.45, 7) is 0. The molecule has 7 heteroatoms. The van der Waals surface area contributed by atoms with Gasteiger partial charge in [0, 0.05) is 31.3 Å². The molecule has 1 atom stereocenters. The summed E-state index contributed by atoms with van der Waals surface area (Å²) >= 11 is 13.5. The van der Waals surface area contributed by atoms with Crippen LogP contribution in [0.25, 0.3) is 0 Å². The van der Waals surface area contributed by atoms with E-state index in [2.05, 4.69) is 15.6 Å². The van der Waals surface area contributed by atoms with Gasteiger partial charge in [0.1, 0.15) is 0 Å². The number of hydrogen-bond donors (Lipinski definition) is 1. The molecule has 0 aliphatic rings. The van der Waals surface area contributed by atoms with E-state index < -0.39 is 0 Å². The summed E-state index contributed by atoms with van der Waals surface area (Å²) in [6, 6.07) is 1.99. The summed E-state index contributed by atoms with van der Waals surface area (Å²) in [7, 11) is 3.74. The highest BCUT2D eigenvalue weighted by Crippen LogP contribution is 2.35. The minimum Gasteiger partial charge on any atom is -0.313 e. The normalized spacial score (nSPS) is 12.9. The number of aryl methyl sites for hydroxylation is 1. The van der Waals surface area contributed by atoms with Crippen molar-refractivity contribution in [1.29, 1.82) is 0 Å². The van der Waals surface area contributed by atoms with Crippen LogP contribution in [0.5, 0.6) is 0 Å². The van der Waals surface area contributed by atoms with E-state index in [4.69, 9.17) is 23.2 Å². The molecule has 0 aliphatic heterocycles. The number of thiophene rings is 1. The number of nitrogens with one attached hydrogen (secondary N) is 1. The number of hydrogen-bond acceptors (Lipinski definition) is 4. The molecule has 0 saturated heterocycles. The quantitative estimate of drug-likeness (QED) is 0.941. The summed E-state index contributed by atoms with van der Waals surface area (Å²) < 4.78 is 3.10. The largest absolute Gasteiger partial charge is 0.313 e. The van der Waals surface area contributed by atoms with Crippen LogP contribution in [-0.4, -0.2) is 22.0 Å². The van der Waals surface area contributed by atoms with Gasteiger partial charge in [-0.1, -0.05) is 28.4 Å². The predicted molar refractivity (Wildman–Crippen MR) is 70.8 cm³/mol. The Kier molecular flexibility index (Phi) is 4.04. The Hall–Kier alpha value is -0.620. The van der Waals surface area contributed by atoms with E-state index in [9.17, 15) is 0 Å². The molecule has 1 unspecified atom stereocenters. The minimum absolute atomic E-state index is 0.1000. The Bertz CT molecular complexity index is 508. The summed E-state index contributed by atoms with van der Waals surface area (Å²) in [5.74, 6) is 0. The predicted octanol–water partition coefficient (Wildman–Crippen LogP) is 2.69. The molecular weight excluding hydrogens is 279 g/mol. The Balaban J connectivity index is 2.19. The van der Waals surface area contributed by atoms with Gasteiger partial charge in [-0.05, 0) is 13.1 Å². The molecule has 17 heavy (non-hydrogen) atoms. The molecule has 2 aromatic heterocycles. The van der Waals surface area contributed by atoms with Crippen LogP contribution in [-0.2, 0) is 13.5 Å². The van der Waals surface area contributed by atoms with Crippen molar-refractivity contribution >= 4 is 34.5 Å². The molecule has 2 rings (SSSR count). The van der Waals surface area contributed by atoms with E-state index >= 15 is 0 Å². The van der Waals surface area contributed by atoms with Crippen molar-refractivity contribution in [2.45, 2.75) is 12.5 Å². The van der Waals surface area contributed by atoms with Crippen molar-refractivity contribution in [2.75, 3.05) is 7.05 Å². The maximum atomic E-state index is 6.14. The molecule has 0 amide bonds. The number of likely N-dealkylation sites (N-methyl/N-ethyl adjacent to an activating group) is 1. The molecule has 0 saturated carbocycles. The van der Waals surface area contributed by atoms with Crippen molar-refractivity contribution in [1.82, 2.24) is 20.3 Å². The molecule has 1 N–H and O–H groups in total. The maximum absolute atomic E-state index is 6.14. The second-order valence-corrected chi connectivity index (χ2v) is 5.99. The van der Waals surface area contributed by atoms with E-state index in [1.807, 2.05) is 26.4 Å². The number of aromatic nitrogens is 3. The van der Waals surface area contributed by atoms with Gasteiger partial charge in [-0.15, -0.1) is 16.4 Å². The molecular formula is C10H12Cl2N4S. The highest BCUT2D eigenvalue weighted by molar-refractivity contribution is 7.20. The Morgan fingerprint density at radius 3 is 2.76 bits per heavy atom. The monoisotopic (exact) mass is 290 g/mol. The van der Waals surface area contributed by atoms with Gasteiger partial charge in [-0.3, -0.25) is 4.68 Å². The topological polar surface area (TPSA) is 42.7 Å². The molecule has 0 fully saturated rings. The van der Waals surface area contributed by atoms with Crippen molar-refractivity contribution in [3.63, 3.8) is 0 Å².